The van der Waals surface area contributed by atoms with Gasteiger partial charge < -0.3 is 0 Å². The highest BCUT2D eigenvalue weighted by Crippen LogP contribution is 2.35. The van der Waals surface area contributed by atoms with Gasteiger partial charge in [0.1, 0.15) is 0 Å². The number of halogens is 1. The Morgan fingerprint density at radius 3 is 2.93 bits per heavy atom. The van der Waals surface area contributed by atoms with Gasteiger partial charge in [0, 0.05) is 10.5 Å². The Bertz CT molecular complexity index is 353. The number of nitrogens with one attached hydrogen (secondary N) is 1. The van der Waals surface area contributed by atoms with E-state index < -0.39 is 0 Å². The molecule has 1 aromatic carbocycles. The molecule has 0 spiro atoms. The molecule has 1 N–H and O–H groups in total. The number of benzene rings is 1. The van der Waals surface area contributed by atoms with Crippen LogP contribution in [-0.4, -0.2) is 11.8 Å². The molecule has 0 saturated carbocycles. The third kappa shape index (κ3) is 2.77. The number of rotatable bonds is 1. The van der Waals surface area contributed by atoms with E-state index in [1.54, 1.807) is 0 Å². The summed E-state index contributed by atoms with van der Waals surface area (Å²) in [5.41, 5.74) is 2.68. The standard InChI is InChI=1S/C12H16BrNS/c1-8-3-4-10(11(13)7-8)12-14-9(2)5-6-15-12/h3-4,7,9,12,14H,5-6H2,1-2H3. The van der Waals surface area contributed by atoms with Crippen LogP contribution in [0.4, 0.5) is 0 Å². The van der Waals surface area contributed by atoms with Crippen molar-refractivity contribution in [1.82, 2.24) is 5.32 Å². The minimum absolute atomic E-state index is 0.448. The second kappa shape index (κ2) is 4.89. The molecule has 3 heteroatoms. The Kier molecular flexibility index (Phi) is 3.75. The molecular weight excluding hydrogens is 270 g/mol. The molecular formula is C12H16BrNS. The van der Waals surface area contributed by atoms with Gasteiger partial charge in [-0.2, -0.15) is 0 Å². The molecule has 15 heavy (non-hydrogen) atoms. The zero-order valence-corrected chi connectivity index (χ0v) is 11.5. The summed E-state index contributed by atoms with van der Waals surface area (Å²) < 4.78 is 1.22. The summed E-state index contributed by atoms with van der Waals surface area (Å²) in [7, 11) is 0. The van der Waals surface area contributed by atoms with Crippen molar-refractivity contribution in [3.63, 3.8) is 0 Å². The molecule has 0 radical (unpaired) electrons. The Morgan fingerprint density at radius 1 is 1.47 bits per heavy atom. The van der Waals surface area contributed by atoms with E-state index in [0.717, 1.165) is 0 Å². The van der Waals surface area contributed by atoms with Crippen molar-refractivity contribution in [3.05, 3.63) is 33.8 Å². The van der Waals surface area contributed by atoms with Gasteiger partial charge in [-0.1, -0.05) is 28.1 Å². The fourth-order valence-electron chi connectivity index (χ4n) is 1.78. The van der Waals surface area contributed by atoms with Crippen molar-refractivity contribution in [3.8, 4) is 0 Å². The number of thioether (sulfide) groups is 1. The molecule has 1 nitrogen and oxygen atoms in total. The van der Waals surface area contributed by atoms with Crippen molar-refractivity contribution < 1.29 is 0 Å². The van der Waals surface area contributed by atoms with Gasteiger partial charge in [0.2, 0.25) is 0 Å². The zero-order valence-electron chi connectivity index (χ0n) is 9.09. The molecule has 1 aliphatic heterocycles. The molecule has 0 aliphatic carbocycles. The van der Waals surface area contributed by atoms with E-state index in [4.69, 9.17) is 0 Å². The molecule has 2 unspecified atom stereocenters. The molecule has 2 atom stereocenters. The van der Waals surface area contributed by atoms with Crippen molar-refractivity contribution in [1.29, 1.82) is 0 Å². The smallest absolute Gasteiger partial charge is 0.0802 e. The van der Waals surface area contributed by atoms with Crippen LogP contribution >= 0.6 is 27.7 Å². The predicted octanol–water partition coefficient (Wildman–Crippen LogP) is 3.87. The monoisotopic (exact) mass is 285 g/mol. The van der Waals surface area contributed by atoms with Crippen molar-refractivity contribution in [2.45, 2.75) is 31.7 Å². The fourth-order valence-corrected chi connectivity index (χ4v) is 4.09. The second-order valence-electron chi connectivity index (χ2n) is 4.13. The Labute approximate surface area is 104 Å². The molecule has 0 amide bonds. The van der Waals surface area contributed by atoms with Crippen LogP contribution in [0.25, 0.3) is 0 Å². The highest BCUT2D eigenvalue weighted by atomic mass is 79.9. The van der Waals surface area contributed by atoms with Gasteiger partial charge in [-0.05, 0) is 43.2 Å². The van der Waals surface area contributed by atoms with Gasteiger partial charge in [0.25, 0.3) is 0 Å². The molecule has 2 rings (SSSR count). The van der Waals surface area contributed by atoms with Gasteiger partial charge >= 0.3 is 0 Å². The molecule has 1 saturated heterocycles. The quantitative estimate of drug-likeness (QED) is 0.841. The van der Waals surface area contributed by atoms with E-state index in [0.29, 0.717) is 11.4 Å². The zero-order chi connectivity index (χ0) is 10.8. The third-order valence-electron chi connectivity index (χ3n) is 2.71. The van der Waals surface area contributed by atoms with Crippen LogP contribution in [0.15, 0.2) is 22.7 Å². The average molecular weight is 286 g/mol. The largest absolute Gasteiger partial charge is 0.299 e. The summed E-state index contributed by atoms with van der Waals surface area (Å²) in [6, 6.07) is 7.23. The first-order valence-corrected chi connectivity index (χ1v) is 7.14. The first-order chi connectivity index (χ1) is 7.16. The van der Waals surface area contributed by atoms with Crippen LogP contribution < -0.4 is 5.32 Å². The van der Waals surface area contributed by atoms with Gasteiger partial charge in [0.15, 0.2) is 0 Å². The molecule has 82 valence electrons. The molecule has 0 bridgehead atoms. The summed E-state index contributed by atoms with van der Waals surface area (Å²) in [4.78, 5) is 0. The number of aryl methyl sites for hydroxylation is 1. The van der Waals surface area contributed by atoms with Gasteiger partial charge in [0.05, 0.1) is 5.37 Å². The lowest BCUT2D eigenvalue weighted by atomic mass is 10.1. The van der Waals surface area contributed by atoms with Crippen molar-refractivity contribution in [2.75, 3.05) is 5.75 Å². The van der Waals surface area contributed by atoms with Crippen LogP contribution in [0, 0.1) is 6.92 Å². The van der Waals surface area contributed by atoms with E-state index >= 15 is 0 Å². The van der Waals surface area contributed by atoms with E-state index in [1.807, 2.05) is 11.8 Å². The lowest BCUT2D eigenvalue weighted by molar-refractivity contribution is 0.511. The molecule has 1 heterocycles. The van der Waals surface area contributed by atoms with Crippen LogP contribution in [0.2, 0.25) is 0 Å². The maximum Gasteiger partial charge on any atom is 0.0802 e. The van der Waals surface area contributed by atoms with E-state index in [9.17, 15) is 0 Å². The Hall–Kier alpha value is 0.01000. The van der Waals surface area contributed by atoms with Crippen molar-refractivity contribution in [2.24, 2.45) is 0 Å². The topological polar surface area (TPSA) is 12.0 Å². The minimum atomic E-state index is 0.448. The summed E-state index contributed by atoms with van der Waals surface area (Å²) in [5.74, 6) is 1.25. The Balaban J connectivity index is 2.21. The molecule has 0 aromatic heterocycles. The van der Waals surface area contributed by atoms with E-state index in [1.165, 1.54) is 27.8 Å². The normalized spacial score (nSPS) is 26.6. The summed E-state index contributed by atoms with van der Waals surface area (Å²) >= 11 is 5.65. The fraction of sp³-hybridized carbons (Fsp3) is 0.500. The maximum atomic E-state index is 3.65. The lowest BCUT2D eigenvalue weighted by Gasteiger charge is -2.29. The maximum absolute atomic E-state index is 3.65. The van der Waals surface area contributed by atoms with Crippen LogP contribution in [-0.2, 0) is 0 Å². The lowest BCUT2D eigenvalue weighted by Crippen LogP contribution is -2.33. The molecule has 1 fully saturated rings. The van der Waals surface area contributed by atoms with Crippen molar-refractivity contribution >= 4 is 27.7 Å². The molecule has 1 aromatic rings. The van der Waals surface area contributed by atoms with Crippen LogP contribution in [0.5, 0.6) is 0 Å². The summed E-state index contributed by atoms with van der Waals surface area (Å²) in [5, 5.41) is 4.07. The molecule has 1 aliphatic rings. The van der Waals surface area contributed by atoms with E-state index in [-0.39, 0.29) is 0 Å². The second-order valence-corrected chi connectivity index (χ2v) is 6.20. The van der Waals surface area contributed by atoms with Crippen LogP contribution in [0.3, 0.4) is 0 Å². The van der Waals surface area contributed by atoms with Gasteiger partial charge in [-0.25, -0.2) is 0 Å². The number of hydrogen-bond acceptors (Lipinski definition) is 2. The Morgan fingerprint density at radius 2 is 2.27 bits per heavy atom. The van der Waals surface area contributed by atoms with Crippen LogP contribution in [0.1, 0.15) is 29.8 Å². The average Bonchev–Trinajstić information content (AvgIpc) is 2.17. The van der Waals surface area contributed by atoms with Gasteiger partial charge in [-0.3, -0.25) is 5.32 Å². The number of hydrogen-bond donors (Lipinski definition) is 1. The SMILES string of the molecule is Cc1ccc(C2NC(C)CCS2)c(Br)c1. The predicted molar refractivity (Wildman–Crippen MR) is 71.3 cm³/mol. The summed E-state index contributed by atoms with van der Waals surface area (Å²) in [6.07, 6.45) is 1.27. The first kappa shape index (κ1) is 11.5. The highest BCUT2D eigenvalue weighted by molar-refractivity contribution is 9.10. The van der Waals surface area contributed by atoms with E-state index in [2.05, 4.69) is 53.3 Å². The highest BCUT2D eigenvalue weighted by Gasteiger charge is 2.21. The van der Waals surface area contributed by atoms with Gasteiger partial charge in [-0.15, -0.1) is 11.8 Å². The first-order valence-electron chi connectivity index (χ1n) is 5.30. The minimum Gasteiger partial charge on any atom is -0.299 e. The third-order valence-corrected chi connectivity index (χ3v) is 4.59. The summed E-state index contributed by atoms with van der Waals surface area (Å²) in [6.45, 7) is 4.38.